The van der Waals surface area contributed by atoms with Gasteiger partial charge in [0, 0.05) is 18.3 Å². The Hall–Kier alpha value is -2.41. The van der Waals surface area contributed by atoms with Gasteiger partial charge >= 0.3 is 5.97 Å². The summed E-state index contributed by atoms with van der Waals surface area (Å²) >= 11 is 1.09. The Balaban J connectivity index is 1.64. The van der Waals surface area contributed by atoms with Crippen molar-refractivity contribution in [3.8, 4) is 10.7 Å². The number of aromatic carboxylic acids is 1. The average Bonchev–Trinajstić information content (AvgIpc) is 3.05. The maximum absolute atomic E-state index is 10.9. The molecular weight excluding hydrogens is 302 g/mol. The van der Waals surface area contributed by atoms with Crippen molar-refractivity contribution in [2.45, 2.75) is 12.8 Å². The number of thiazole rings is 1. The van der Waals surface area contributed by atoms with Crippen LogP contribution in [-0.4, -0.2) is 27.8 Å². The third-order valence-electron chi connectivity index (χ3n) is 3.68. The molecule has 7 heteroatoms. The Morgan fingerprint density at radius 3 is 3.05 bits per heavy atom. The van der Waals surface area contributed by atoms with Crippen molar-refractivity contribution >= 4 is 34.0 Å². The van der Waals surface area contributed by atoms with Gasteiger partial charge in [0.1, 0.15) is 15.6 Å². The number of rotatable bonds is 5. The van der Waals surface area contributed by atoms with Gasteiger partial charge in [-0.3, -0.25) is 0 Å². The molecule has 112 valence electrons. The topological polar surface area (TPSA) is 88.2 Å². The van der Waals surface area contributed by atoms with Crippen LogP contribution in [0.2, 0.25) is 0 Å². The zero-order valence-corrected chi connectivity index (χ0v) is 12.4. The minimum Gasteiger partial charge on any atom is -0.477 e. The van der Waals surface area contributed by atoms with E-state index in [2.05, 4.69) is 15.5 Å². The quantitative estimate of drug-likeness (QED) is 0.749. The maximum Gasteiger partial charge on any atom is 0.347 e. The predicted octanol–water partition coefficient (Wildman–Crippen LogP) is 3.47. The van der Waals surface area contributed by atoms with Gasteiger partial charge in [-0.05, 0) is 30.9 Å². The molecule has 1 saturated carbocycles. The highest BCUT2D eigenvalue weighted by molar-refractivity contribution is 7.16. The molecule has 0 spiro atoms. The zero-order chi connectivity index (χ0) is 15.1. The lowest BCUT2D eigenvalue weighted by Crippen LogP contribution is -2.02. The van der Waals surface area contributed by atoms with E-state index in [-0.39, 0.29) is 4.88 Å². The molecule has 6 nitrogen and oxygen atoms in total. The smallest absolute Gasteiger partial charge is 0.347 e. The van der Waals surface area contributed by atoms with Gasteiger partial charge in [-0.1, -0.05) is 5.16 Å². The number of carbonyl (C=O) groups is 1. The van der Waals surface area contributed by atoms with Gasteiger partial charge in [-0.15, -0.1) is 11.3 Å². The number of fused-ring (bicyclic) bond motifs is 1. The van der Waals surface area contributed by atoms with E-state index in [4.69, 9.17) is 9.63 Å². The van der Waals surface area contributed by atoms with E-state index in [1.807, 2.05) is 18.2 Å². The highest BCUT2D eigenvalue weighted by Crippen LogP contribution is 2.33. The van der Waals surface area contributed by atoms with Crippen LogP contribution in [0.4, 0.5) is 5.69 Å². The Labute approximate surface area is 129 Å². The summed E-state index contributed by atoms with van der Waals surface area (Å²) in [6, 6.07) is 5.83. The summed E-state index contributed by atoms with van der Waals surface area (Å²) in [7, 11) is 0. The van der Waals surface area contributed by atoms with E-state index in [9.17, 15) is 4.79 Å². The van der Waals surface area contributed by atoms with Crippen molar-refractivity contribution in [1.29, 1.82) is 0 Å². The second kappa shape index (κ2) is 5.10. The fraction of sp³-hybridized carbons (Fsp3) is 0.267. The second-order valence-corrected chi connectivity index (χ2v) is 6.43. The minimum absolute atomic E-state index is 0.189. The van der Waals surface area contributed by atoms with Crippen molar-refractivity contribution < 1.29 is 14.4 Å². The van der Waals surface area contributed by atoms with Crippen molar-refractivity contribution in [2.75, 3.05) is 11.9 Å². The first-order valence-electron chi connectivity index (χ1n) is 7.03. The molecule has 1 aliphatic rings. The summed E-state index contributed by atoms with van der Waals surface area (Å²) in [5.41, 5.74) is 2.26. The van der Waals surface area contributed by atoms with Crippen molar-refractivity contribution in [3.63, 3.8) is 0 Å². The molecule has 22 heavy (non-hydrogen) atoms. The molecule has 2 heterocycles. The number of hydrogen-bond donors (Lipinski definition) is 2. The normalized spacial score (nSPS) is 14.4. The Morgan fingerprint density at radius 1 is 1.45 bits per heavy atom. The van der Waals surface area contributed by atoms with Gasteiger partial charge in [-0.25, -0.2) is 9.78 Å². The molecular formula is C15H13N3O3S. The fourth-order valence-corrected chi connectivity index (χ4v) is 3.02. The fourth-order valence-electron chi connectivity index (χ4n) is 2.27. The molecule has 1 aromatic carbocycles. The number of aromatic nitrogens is 2. The van der Waals surface area contributed by atoms with Crippen LogP contribution in [0, 0.1) is 5.92 Å². The lowest BCUT2D eigenvalue weighted by molar-refractivity contribution is 0.0702. The van der Waals surface area contributed by atoms with E-state index in [1.54, 1.807) is 0 Å². The highest BCUT2D eigenvalue weighted by Gasteiger charge is 2.21. The third kappa shape index (κ3) is 2.43. The Kier molecular flexibility index (Phi) is 3.07. The molecule has 1 fully saturated rings. The molecule has 0 atom stereocenters. The van der Waals surface area contributed by atoms with Gasteiger partial charge in [0.15, 0.2) is 5.58 Å². The first-order chi connectivity index (χ1) is 10.7. The van der Waals surface area contributed by atoms with Crippen molar-refractivity contribution in [1.82, 2.24) is 10.1 Å². The van der Waals surface area contributed by atoms with Gasteiger partial charge < -0.3 is 14.9 Å². The lowest BCUT2D eigenvalue weighted by Gasteiger charge is -2.04. The average molecular weight is 315 g/mol. The van der Waals surface area contributed by atoms with Crippen LogP contribution in [0.1, 0.15) is 22.5 Å². The van der Waals surface area contributed by atoms with E-state index in [1.165, 1.54) is 19.0 Å². The largest absolute Gasteiger partial charge is 0.477 e. The molecule has 0 saturated heterocycles. The first kappa shape index (κ1) is 13.3. The number of anilines is 1. The van der Waals surface area contributed by atoms with Crippen LogP contribution in [-0.2, 0) is 0 Å². The zero-order valence-electron chi connectivity index (χ0n) is 11.6. The molecule has 0 unspecified atom stereocenters. The lowest BCUT2D eigenvalue weighted by atomic mass is 10.2. The number of carboxylic acid groups (broad SMARTS) is 1. The summed E-state index contributed by atoms with van der Waals surface area (Å²) in [5, 5.41) is 17.8. The molecule has 0 aliphatic heterocycles. The molecule has 0 bridgehead atoms. The van der Waals surface area contributed by atoms with Crippen LogP contribution in [0.5, 0.6) is 0 Å². The minimum atomic E-state index is -0.983. The van der Waals surface area contributed by atoms with Crippen molar-refractivity contribution in [3.05, 3.63) is 29.3 Å². The summed E-state index contributed by atoms with van der Waals surface area (Å²) in [4.78, 5) is 15.3. The summed E-state index contributed by atoms with van der Waals surface area (Å²) in [5.74, 6) is -0.186. The first-order valence-corrected chi connectivity index (χ1v) is 7.85. The molecule has 2 aromatic heterocycles. The van der Waals surface area contributed by atoms with Crippen LogP contribution < -0.4 is 5.32 Å². The maximum atomic E-state index is 10.9. The summed E-state index contributed by atoms with van der Waals surface area (Å²) in [6.07, 6.45) is 3.95. The van der Waals surface area contributed by atoms with E-state index in [0.717, 1.165) is 34.9 Å². The van der Waals surface area contributed by atoms with Crippen LogP contribution in [0.15, 0.2) is 28.9 Å². The SMILES string of the molecule is O=C(O)c1cnc(-c2noc3cc(NCC4CC4)ccc23)s1. The molecule has 0 radical (unpaired) electrons. The van der Waals surface area contributed by atoms with Crippen LogP contribution in [0.25, 0.3) is 21.7 Å². The second-order valence-electron chi connectivity index (χ2n) is 5.40. The van der Waals surface area contributed by atoms with Gasteiger partial charge in [-0.2, -0.15) is 0 Å². The standard InChI is InChI=1S/C15H13N3O3S/c19-15(20)12-7-17-14(22-12)13-10-4-3-9(5-11(10)21-18-13)16-6-8-1-2-8/h3-5,7-8,16H,1-2,6H2,(H,19,20). The number of benzene rings is 1. The van der Waals surface area contributed by atoms with E-state index >= 15 is 0 Å². The van der Waals surface area contributed by atoms with E-state index in [0.29, 0.717) is 16.3 Å². The number of nitrogens with one attached hydrogen (secondary N) is 1. The van der Waals surface area contributed by atoms with Gasteiger partial charge in [0.05, 0.1) is 11.6 Å². The number of hydrogen-bond acceptors (Lipinski definition) is 6. The monoisotopic (exact) mass is 315 g/mol. The van der Waals surface area contributed by atoms with Gasteiger partial charge in [0.2, 0.25) is 0 Å². The van der Waals surface area contributed by atoms with Crippen LogP contribution >= 0.6 is 11.3 Å². The number of carboxylic acids is 1. The summed E-state index contributed by atoms with van der Waals surface area (Å²) in [6.45, 7) is 0.987. The predicted molar refractivity (Wildman–Crippen MR) is 83.3 cm³/mol. The highest BCUT2D eigenvalue weighted by atomic mass is 32.1. The number of nitrogens with zero attached hydrogens (tertiary/aromatic N) is 2. The summed E-state index contributed by atoms with van der Waals surface area (Å²) < 4.78 is 5.37. The van der Waals surface area contributed by atoms with Crippen LogP contribution in [0.3, 0.4) is 0 Å². The third-order valence-corrected chi connectivity index (χ3v) is 4.67. The van der Waals surface area contributed by atoms with Gasteiger partial charge in [0.25, 0.3) is 0 Å². The molecule has 0 amide bonds. The van der Waals surface area contributed by atoms with Crippen molar-refractivity contribution in [2.24, 2.45) is 5.92 Å². The molecule has 2 N–H and O–H groups in total. The Morgan fingerprint density at radius 2 is 2.32 bits per heavy atom. The Bertz CT molecular complexity index is 851. The molecule has 1 aliphatic carbocycles. The molecule has 3 aromatic rings. The van der Waals surface area contributed by atoms with E-state index < -0.39 is 5.97 Å². The molecule has 4 rings (SSSR count).